The van der Waals surface area contributed by atoms with Crippen molar-refractivity contribution in [2.45, 2.75) is 19.5 Å². The summed E-state index contributed by atoms with van der Waals surface area (Å²) in [5.41, 5.74) is 3.68. The molecule has 0 bridgehead atoms. The second-order valence-corrected chi connectivity index (χ2v) is 6.43. The van der Waals surface area contributed by atoms with E-state index in [1.807, 2.05) is 43.0 Å². The average molecular weight is 355 g/mol. The van der Waals surface area contributed by atoms with Gasteiger partial charge >= 0.3 is 0 Å². The topological polar surface area (TPSA) is 55.6 Å². The van der Waals surface area contributed by atoms with Crippen LogP contribution in [-0.2, 0) is 19.5 Å². The van der Waals surface area contributed by atoms with Crippen molar-refractivity contribution in [3.63, 3.8) is 0 Å². The minimum atomic E-state index is 0.729. The van der Waals surface area contributed by atoms with Gasteiger partial charge in [0.2, 0.25) is 0 Å². The Morgan fingerprint density at radius 3 is 2.41 bits per heavy atom. The monoisotopic (exact) mass is 355 g/mol. The number of hydrogen-bond donors (Lipinski definition) is 1. The van der Waals surface area contributed by atoms with Crippen molar-refractivity contribution >= 4 is 5.82 Å². The van der Waals surface area contributed by atoms with Crippen LogP contribution in [0, 0.1) is 0 Å². The van der Waals surface area contributed by atoms with Crippen molar-refractivity contribution in [2.75, 3.05) is 5.32 Å². The molecule has 2 aromatic heterocycles. The Bertz CT molecular complexity index is 963. The summed E-state index contributed by atoms with van der Waals surface area (Å²) in [4.78, 5) is 13.1. The summed E-state index contributed by atoms with van der Waals surface area (Å²) in [5, 5.41) is 3.39. The molecule has 0 aliphatic carbocycles. The maximum Gasteiger partial charge on any atom is 0.135 e. The van der Waals surface area contributed by atoms with Crippen LogP contribution in [0.5, 0.6) is 0 Å². The van der Waals surface area contributed by atoms with Crippen molar-refractivity contribution < 1.29 is 0 Å². The van der Waals surface area contributed by atoms with Crippen molar-refractivity contribution in [2.24, 2.45) is 0 Å². The molecule has 0 unspecified atom stereocenters. The summed E-state index contributed by atoms with van der Waals surface area (Å²) in [7, 11) is 0. The van der Waals surface area contributed by atoms with Crippen LogP contribution in [0.3, 0.4) is 0 Å². The Labute approximate surface area is 158 Å². The van der Waals surface area contributed by atoms with E-state index in [-0.39, 0.29) is 0 Å². The van der Waals surface area contributed by atoms with Gasteiger partial charge in [0.05, 0.1) is 6.33 Å². The standard InChI is InChI=1S/C22H21N5/c1-2-4-18(5-3-1)14-22-24-11-10-21(26-22)25-15-19-6-8-20(9-7-19)16-27-13-12-23-17-27/h1-13,17H,14-16H2,(H,24,25,26). The molecule has 5 nitrogen and oxygen atoms in total. The minimum Gasteiger partial charge on any atom is -0.366 e. The zero-order valence-corrected chi connectivity index (χ0v) is 15.0. The third kappa shape index (κ3) is 4.79. The number of benzene rings is 2. The highest BCUT2D eigenvalue weighted by Gasteiger charge is 2.02. The number of anilines is 1. The van der Waals surface area contributed by atoms with Gasteiger partial charge in [0.1, 0.15) is 11.6 Å². The molecule has 0 spiro atoms. The van der Waals surface area contributed by atoms with Gasteiger partial charge in [0.15, 0.2) is 0 Å². The quantitative estimate of drug-likeness (QED) is 0.546. The van der Waals surface area contributed by atoms with Gasteiger partial charge in [0.25, 0.3) is 0 Å². The summed E-state index contributed by atoms with van der Waals surface area (Å²) in [5.74, 6) is 1.67. The molecule has 0 radical (unpaired) electrons. The Morgan fingerprint density at radius 1 is 0.815 bits per heavy atom. The molecule has 2 heterocycles. The van der Waals surface area contributed by atoms with Gasteiger partial charge in [-0.2, -0.15) is 0 Å². The molecule has 0 fully saturated rings. The first-order valence-electron chi connectivity index (χ1n) is 8.98. The van der Waals surface area contributed by atoms with Crippen molar-refractivity contribution in [1.29, 1.82) is 0 Å². The summed E-state index contributed by atoms with van der Waals surface area (Å²) >= 11 is 0. The van der Waals surface area contributed by atoms with E-state index in [9.17, 15) is 0 Å². The molecule has 0 amide bonds. The minimum absolute atomic E-state index is 0.729. The van der Waals surface area contributed by atoms with Crippen LogP contribution >= 0.6 is 0 Å². The molecule has 4 aromatic rings. The van der Waals surface area contributed by atoms with E-state index in [4.69, 9.17) is 0 Å². The lowest BCUT2D eigenvalue weighted by atomic mass is 10.1. The number of imidazole rings is 1. The molecule has 2 aromatic carbocycles. The van der Waals surface area contributed by atoms with Crippen LogP contribution in [0.4, 0.5) is 5.82 Å². The Hall–Kier alpha value is -3.47. The average Bonchev–Trinajstić information content (AvgIpc) is 3.22. The maximum atomic E-state index is 4.62. The molecule has 0 atom stereocenters. The van der Waals surface area contributed by atoms with Crippen molar-refractivity contribution in [3.8, 4) is 0 Å². The van der Waals surface area contributed by atoms with Gasteiger partial charge in [-0.25, -0.2) is 15.0 Å². The van der Waals surface area contributed by atoms with E-state index in [1.165, 1.54) is 16.7 Å². The molecule has 27 heavy (non-hydrogen) atoms. The fraction of sp³-hybridized carbons (Fsp3) is 0.136. The molecule has 4 rings (SSSR count). The Balaban J connectivity index is 1.35. The molecule has 0 aliphatic rings. The molecule has 0 saturated heterocycles. The summed E-state index contributed by atoms with van der Waals surface area (Å²) < 4.78 is 2.06. The number of nitrogens with one attached hydrogen (secondary N) is 1. The zero-order chi connectivity index (χ0) is 18.3. The lowest BCUT2D eigenvalue weighted by Crippen LogP contribution is -2.05. The van der Waals surface area contributed by atoms with Gasteiger partial charge < -0.3 is 9.88 Å². The van der Waals surface area contributed by atoms with Crippen molar-refractivity contribution in [1.82, 2.24) is 19.5 Å². The molecular formula is C22H21N5. The third-order valence-electron chi connectivity index (χ3n) is 4.33. The molecule has 134 valence electrons. The summed E-state index contributed by atoms with van der Waals surface area (Å²) in [6.07, 6.45) is 8.14. The smallest absolute Gasteiger partial charge is 0.135 e. The SMILES string of the molecule is c1ccc(Cc2nccc(NCc3ccc(Cn4ccnc4)cc3)n2)cc1. The molecular weight excluding hydrogens is 334 g/mol. The zero-order valence-electron chi connectivity index (χ0n) is 15.0. The second kappa shape index (κ2) is 8.27. The summed E-state index contributed by atoms with van der Waals surface area (Å²) in [6, 6.07) is 20.8. The number of aromatic nitrogens is 4. The lowest BCUT2D eigenvalue weighted by molar-refractivity contribution is 0.797. The van der Waals surface area contributed by atoms with Crippen LogP contribution < -0.4 is 5.32 Å². The second-order valence-electron chi connectivity index (χ2n) is 6.43. The first kappa shape index (κ1) is 17.0. The highest BCUT2D eigenvalue weighted by atomic mass is 15.0. The van der Waals surface area contributed by atoms with Gasteiger partial charge in [0, 0.05) is 38.1 Å². The highest BCUT2D eigenvalue weighted by Crippen LogP contribution is 2.11. The van der Waals surface area contributed by atoms with Crippen molar-refractivity contribution in [3.05, 3.63) is 108 Å². The van der Waals surface area contributed by atoms with E-state index in [2.05, 4.69) is 61.2 Å². The fourth-order valence-corrected chi connectivity index (χ4v) is 2.91. The number of rotatable bonds is 7. The molecule has 0 aliphatic heterocycles. The fourth-order valence-electron chi connectivity index (χ4n) is 2.91. The first-order valence-corrected chi connectivity index (χ1v) is 8.98. The van der Waals surface area contributed by atoms with Gasteiger partial charge in [-0.3, -0.25) is 0 Å². The number of hydrogen-bond acceptors (Lipinski definition) is 4. The predicted molar refractivity (Wildman–Crippen MR) is 106 cm³/mol. The third-order valence-corrected chi connectivity index (χ3v) is 4.33. The van der Waals surface area contributed by atoms with Crippen LogP contribution in [0.2, 0.25) is 0 Å². The van der Waals surface area contributed by atoms with Gasteiger partial charge in [-0.05, 0) is 22.8 Å². The van der Waals surface area contributed by atoms with E-state index in [0.29, 0.717) is 0 Å². The maximum absolute atomic E-state index is 4.62. The van der Waals surface area contributed by atoms with Crippen LogP contribution in [0.1, 0.15) is 22.5 Å². The molecule has 5 heteroatoms. The number of nitrogens with zero attached hydrogens (tertiary/aromatic N) is 4. The highest BCUT2D eigenvalue weighted by molar-refractivity contribution is 5.36. The Morgan fingerprint density at radius 2 is 1.63 bits per heavy atom. The predicted octanol–water partition coefficient (Wildman–Crippen LogP) is 3.92. The normalized spacial score (nSPS) is 10.7. The Kier molecular flexibility index (Phi) is 5.20. The van der Waals surface area contributed by atoms with Crippen LogP contribution in [0.15, 0.2) is 85.6 Å². The molecule has 1 N–H and O–H groups in total. The van der Waals surface area contributed by atoms with Crippen LogP contribution in [-0.4, -0.2) is 19.5 Å². The van der Waals surface area contributed by atoms with Crippen LogP contribution in [0.25, 0.3) is 0 Å². The van der Waals surface area contributed by atoms with Gasteiger partial charge in [-0.15, -0.1) is 0 Å². The van der Waals surface area contributed by atoms with E-state index in [0.717, 1.165) is 31.2 Å². The summed E-state index contributed by atoms with van der Waals surface area (Å²) in [6.45, 7) is 1.57. The van der Waals surface area contributed by atoms with E-state index < -0.39 is 0 Å². The first-order chi connectivity index (χ1) is 13.3. The molecule has 0 saturated carbocycles. The van der Waals surface area contributed by atoms with Gasteiger partial charge in [-0.1, -0.05) is 54.6 Å². The lowest BCUT2D eigenvalue weighted by Gasteiger charge is -2.08. The van der Waals surface area contributed by atoms with E-state index in [1.54, 1.807) is 6.20 Å². The largest absolute Gasteiger partial charge is 0.366 e. The van der Waals surface area contributed by atoms with E-state index >= 15 is 0 Å².